The Morgan fingerprint density at radius 1 is 1.32 bits per heavy atom. The number of primary amides is 1. The second kappa shape index (κ2) is 9.12. The molecule has 1 aromatic carbocycles. The van der Waals surface area contributed by atoms with Gasteiger partial charge in [0.2, 0.25) is 5.91 Å². The van der Waals surface area contributed by atoms with Gasteiger partial charge < -0.3 is 11.1 Å². The number of hydrogen-bond acceptors (Lipinski definition) is 3. The van der Waals surface area contributed by atoms with Crippen LogP contribution in [-0.2, 0) is 17.6 Å². The number of hydrogen-bond donors (Lipinski definition) is 2. The second-order valence-corrected chi connectivity index (χ2v) is 8.85. The van der Waals surface area contributed by atoms with Crippen molar-refractivity contribution in [2.75, 3.05) is 5.32 Å². The first-order chi connectivity index (χ1) is 13.4. The summed E-state index contributed by atoms with van der Waals surface area (Å²) in [5.41, 5.74) is 7.64. The van der Waals surface area contributed by atoms with Crippen molar-refractivity contribution in [1.82, 2.24) is 0 Å². The lowest BCUT2D eigenvalue weighted by Gasteiger charge is -2.21. The Balaban J connectivity index is 1.81. The molecule has 2 aromatic rings. The predicted molar refractivity (Wildman–Crippen MR) is 117 cm³/mol. The molecule has 28 heavy (non-hydrogen) atoms. The topological polar surface area (TPSA) is 72.2 Å². The smallest absolute Gasteiger partial charge is 0.251 e. The molecular weight excluding hydrogens is 415 g/mol. The molecule has 3 N–H and O–H groups in total. The minimum Gasteiger partial charge on any atom is -0.365 e. The predicted octanol–water partition coefficient (Wildman–Crippen LogP) is 5.71. The molecule has 1 aromatic heterocycles. The van der Waals surface area contributed by atoms with Gasteiger partial charge in [-0.1, -0.05) is 49.0 Å². The number of nitrogens with one attached hydrogen (secondary N) is 1. The molecule has 0 bridgehead atoms. The number of carbonyl (C=O) groups is 2. The molecule has 2 amide bonds. The third-order valence-corrected chi connectivity index (χ3v) is 6.78. The monoisotopic (exact) mass is 436 g/mol. The molecule has 0 fully saturated rings. The van der Waals surface area contributed by atoms with Crippen LogP contribution in [0.2, 0.25) is 10.0 Å². The van der Waals surface area contributed by atoms with E-state index in [1.54, 1.807) is 24.3 Å². The highest BCUT2D eigenvalue weighted by molar-refractivity contribution is 7.17. The Labute approximate surface area is 178 Å². The van der Waals surface area contributed by atoms with E-state index in [2.05, 4.69) is 12.2 Å². The lowest BCUT2D eigenvalue weighted by Crippen LogP contribution is -2.19. The normalized spacial score (nSPS) is 16.2. The number of fused-ring (bicyclic) bond motifs is 1. The quantitative estimate of drug-likeness (QED) is 0.568. The Bertz CT molecular complexity index is 916. The SMILES string of the molecule is CCCC1CCc2c(sc(NC(=O)C=Cc3c(Cl)cccc3Cl)c2C(N)=O)C1. The van der Waals surface area contributed by atoms with Crippen LogP contribution in [0.25, 0.3) is 6.08 Å². The average molecular weight is 437 g/mol. The number of rotatable bonds is 6. The number of amides is 2. The van der Waals surface area contributed by atoms with E-state index < -0.39 is 5.91 Å². The van der Waals surface area contributed by atoms with Gasteiger partial charge in [0.15, 0.2) is 0 Å². The largest absolute Gasteiger partial charge is 0.365 e. The lowest BCUT2D eigenvalue weighted by molar-refractivity contribution is -0.111. The lowest BCUT2D eigenvalue weighted by atomic mass is 9.84. The standard InChI is InChI=1S/C21H22Cl2N2O2S/c1-2-4-12-7-8-14-17(11-12)28-21(19(14)20(24)27)25-18(26)10-9-13-15(22)5-3-6-16(13)23/h3,5-6,9-10,12H,2,4,7-8,11H2,1H3,(H2,24,27)(H,25,26). The van der Waals surface area contributed by atoms with Gasteiger partial charge >= 0.3 is 0 Å². The van der Waals surface area contributed by atoms with E-state index in [1.807, 2.05) is 0 Å². The van der Waals surface area contributed by atoms with Crippen LogP contribution in [-0.4, -0.2) is 11.8 Å². The van der Waals surface area contributed by atoms with Crippen molar-refractivity contribution < 1.29 is 9.59 Å². The third-order valence-electron chi connectivity index (χ3n) is 4.95. The van der Waals surface area contributed by atoms with Gasteiger partial charge in [0.25, 0.3) is 5.91 Å². The molecular formula is C21H22Cl2N2O2S. The highest BCUT2D eigenvalue weighted by Gasteiger charge is 2.28. The highest BCUT2D eigenvalue weighted by atomic mass is 35.5. The first kappa shape index (κ1) is 20.9. The van der Waals surface area contributed by atoms with E-state index in [9.17, 15) is 9.59 Å². The van der Waals surface area contributed by atoms with E-state index in [0.717, 1.165) is 36.1 Å². The minimum absolute atomic E-state index is 0.359. The summed E-state index contributed by atoms with van der Waals surface area (Å²) in [5.74, 6) is -0.232. The van der Waals surface area contributed by atoms with Crippen LogP contribution in [0, 0.1) is 5.92 Å². The van der Waals surface area contributed by atoms with Crippen LogP contribution in [0.1, 0.15) is 52.5 Å². The molecule has 0 radical (unpaired) electrons. The second-order valence-electron chi connectivity index (χ2n) is 6.93. The van der Waals surface area contributed by atoms with E-state index in [1.165, 1.54) is 23.8 Å². The van der Waals surface area contributed by atoms with E-state index in [-0.39, 0.29) is 5.91 Å². The molecule has 1 unspecified atom stereocenters. The molecule has 1 aliphatic rings. The molecule has 0 spiro atoms. The van der Waals surface area contributed by atoms with Gasteiger partial charge in [-0.15, -0.1) is 11.3 Å². The Kier molecular flexibility index (Phi) is 6.81. The fraction of sp³-hybridized carbons (Fsp3) is 0.333. The maximum Gasteiger partial charge on any atom is 0.251 e. The first-order valence-electron chi connectivity index (χ1n) is 9.28. The van der Waals surface area contributed by atoms with Crippen molar-refractivity contribution in [3.05, 3.63) is 55.9 Å². The van der Waals surface area contributed by atoms with Crippen molar-refractivity contribution in [3.8, 4) is 0 Å². The third kappa shape index (κ3) is 4.59. The summed E-state index contributed by atoms with van der Waals surface area (Å²) in [6.07, 6.45) is 8.06. The van der Waals surface area contributed by atoms with Crippen LogP contribution in [0.4, 0.5) is 5.00 Å². The fourth-order valence-corrected chi connectivity index (χ4v) is 5.53. The van der Waals surface area contributed by atoms with Crippen LogP contribution in [0.3, 0.4) is 0 Å². The van der Waals surface area contributed by atoms with Crippen LogP contribution in [0.5, 0.6) is 0 Å². The summed E-state index contributed by atoms with van der Waals surface area (Å²) in [6, 6.07) is 5.15. The van der Waals surface area contributed by atoms with E-state index >= 15 is 0 Å². The summed E-state index contributed by atoms with van der Waals surface area (Å²) in [5, 5.41) is 4.26. The molecule has 4 nitrogen and oxygen atoms in total. The average Bonchev–Trinajstić information content (AvgIpc) is 2.98. The molecule has 0 aliphatic heterocycles. The Morgan fingerprint density at radius 3 is 2.68 bits per heavy atom. The zero-order valence-electron chi connectivity index (χ0n) is 15.6. The van der Waals surface area contributed by atoms with Gasteiger partial charge in [-0.05, 0) is 49.0 Å². The molecule has 1 heterocycles. The van der Waals surface area contributed by atoms with Crippen LogP contribution >= 0.6 is 34.5 Å². The van der Waals surface area contributed by atoms with Gasteiger partial charge in [0.05, 0.1) is 5.56 Å². The number of nitrogens with two attached hydrogens (primary N) is 1. The first-order valence-corrected chi connectivity index (χ1v) is 10.8. The number of thiophene rings is 1. The molecule has 1 aliphatic carbocycles. The summed E-state index contributed by atoms with van der Waals surface area (Å²) in [4.78, 5) is 25.6. The number of benzene rings is 1. The zero-order chi connectivity index (χ0) is 20.3. The molecule has 1 atom stereocenters. The van der Waals surface area contributed by atoms with E-state index in [4.69, 9.17) is 28.9 Å². The summed E-state index contributed by atoms with van der Waals surface area (Å²) < 4.78 is 0. The molecule has 148 valence electrons. The number of carbonyl (C=O) groups excluding carboxylic acids is 2. The van der Waals surface area contributed by atoms with Crippen molar-refractivity contribution >= 4 is 57.4 Å². The van der Waals surface area contributed by atoms with Crippen molar-refractivity contribution in [2.24, 2.45) is 11.7 Å². The number of halogens is 2. The minimum atomic E-state index is -0.500. The summed E-state index contributed by atoms with van der Waals surface area (Å²) in [7, 11) is 0. The maximum absolute atomic E-state index is 12.4. The molecule has 3 rings (SSSR count). The number of anilines is 1. The van der Waals surface area contributed by atoms with Crippen LogP contribution < -0.4 is 11.1 Å². The molecule has 0 saturated carbocycles. The van der Waals surface area contributed by atoms with Gasteiger partial charge in [-0.3, -0.25) is 9.59 Å². The van der Waals surface area contributed by atoms with Crippen molar-refractivity contribution in [3.63, 3.8) is 0 Å². The van der Waals surface area contributed by atoms with Crippen molar-refractivity contribution in [1.29, 1.82) is 0 Å². The maximum atomic E-state index is 12.4. The van der Waals surface area contributed by atoms with Gasteiger partial charge in [0, 0.05) is 26.6 Å². The van der Waals surface area contributed by atoms with E-state index in [0.29, 0.717) is 32.1 Å². The van der Waals surface area contributed by atoms with Gasteiger partial charge in [-0.2, -0.15) is 0 Å². The summed E-state index contributed by atoms with van der Waals surface area (Å²) in [6.45, 7) is 2.18. The van der Waals surface area contributed by atoms with Crippen LogP contribution in [0.15, 0.2) is 24.3 Å². The summed E-state index contributed by atoms with van der Waals surface area (Å²) >= 11 is 13.7. The molecule has 0 saturated heterocycles. The molecule has 7 heteroatoms. The Morgan fingerprint density at radius 2 is 2.04 bits per heavy atom. The highest BCUT2D eigenvalue weighted by Crippen LogP contribution is 2.40. The fourth-order valence-electron chi connectivity index (χ4n) is 3.64. The van der Waals surface area contributed by atoms with Gasteiger partial charge in [-0.25, -0.2) is 0 Å². The van der Waals surface area contributed by atoms with Crippen molar-refractivity contribution in [2.45, 2.75) is 39.0 Å². The van der Waals surface area contributed by atoms with Gasteiger partial charge in [0.1, 0.15) is 5.00 Å². The zero-order valence-corrected chi connectivity index (χ0v) is 17.9. The Hall–Kier alpha value is -1.82.